The summed E-state index contributed by atoms with van der Waals surface area (Å²) in [5.74, 6) is -1.08. The van der Waals surface area contributed by atoms with E-state index in [0.29, 0.717) is 0 Å². The third-order valence-corrected chi connectivity index (χ3v) is 0.406. The molecule has 0 aromatic carbocycles. The molecule has 0 spiro atoms. The number of hydrogen-bond donors (Lipinski definition) is 1. The van der Waals surface area contributed by atoms with Gasteiger partial charge < -0.3 is 20.4 Å². The molecule has 0 aliphatic carbocycles. The Hall–Kier alpha value is -0.360. The fourth-order valence-electron chi connectivity index (χ4n) is 0.215. The van der Waals surface area contributed by atoms with Crippen molar-refractivity contribution in [1.29, 1.82) is 0 Å². The van der Waals surface area contributed by atoms with Gasteiger partial charge in [0.1, 0.15) is 0 Å². The Bertz CT molecular complexity index is 134. The van der Waals surface area contributed by atoms with Crippen molar-refractivity contribution < 1.29 is 44.9 Å². The van der Waals surface area contributed by atoms with Crippen LogP contribution >= 0.6 is 0 Å². The Labute approximate surface area is 86.4 Å². The molecule has 0 bridgehead atoms. The molecule has 11 heavy (non-hydrogen) atoms. The molecule has 1 heterocycles. The van der Waals surface area contributed by atoms with Crippen LogP contribution in [0.5, 0.6) is 0 Å². The fourth-order valence-corrected chi connectivity index (χ4v) is 0.215. The van der Waals surface area contributed by atoms with Crippen LogP contribution in [0.15, 0.2) is 18.7 Å². The second-order valence-electron chi connectivity index (χ2n) is 1.25. The third kappa shape index (κ3) is 26.1. The van der Waals surface area contributed by atoms with Gasteiger partial charge >= 0.3 is 29.6 Å². The number of hydrogen-bond acceptors (Lipinski definition) is 3. The third-order valence-electron chi connectivity index (χ3n) is 0.406. The molecule has 0 amide bonds. The van der Waals surface area contributed by atoms with E-state index in [1.54, 1.807) is 18.7 Å². The summed E-state index contributed by atoms with van der Waals surface area (Å²) >= 11 is 0. The zero-order chi connectivity index (χ0) is 7.11. The predicted molar refractivity (Wildman–Crippen MR) is 32.9 cm³/mol. The standard InChI is InChI=1S/C3H4N2.C2H4O2.Na.H2O/c1-2-5-3-4-1;1-2(3)4;;/h1-3H,(H,4,5);1H3,(H,3,4);;1H2/q;;+1;/p-1. The molecule has 0 saturated carbocycles. The average molecular weight is 168 g/mol. The maximum absolute atomic E-state index is 8.89. The van der Waals surface area contributed by atoms with E-state index in [2.05, 4.69) is 9.97 Å². The first-order valence-corrected chi connectivity index (χ1v) is 2.34. The van der Waals surface area contributed by atoms with Gasteiger partial charge in [-0.3, -0.25) is 0 Å². The zero-order valence-corrected chi connectivity index (χ0v) is 8.50. The molecule has 0 aliphatic rings. The van der Waals surface area contributed by atoms with Crippen LogP contribution in [0.1, 0.15) is 6.92 Å². The molecule has 1 aromatic rings. The molecular formula is C5H9N2NaO3. The minimum Gasteiger partial charge on any atom is -0.550 e. The number of H-pyrrole nitrogens is 1. The van der Waals surface area contributed by atoms with Crippen LogP contribution in [0.4, 0.5) is 0 Å². The van der Waals surface area contributed by atoms with Crippen molar-refractivity contribution in [2.24, 2.45) is 0 Å². The van der Waals surface area contributed by atoms with Crippen molar-refractivity contribution in [3.05, 3.63) is 18.7 Å². The molecule has 0 unspecified atom stereocenters. The summed E-state index contributed by atoms with van der Waals surface area (Å²) in [6, 6.07) is 0. The van der Waals surface area contributed by atoms with Crippen LogP contribution in [0.3, 0.4) is 0 Å². The van der Waals surface area contributed by atoms with E-state index in [-0.39, 0.29) is 35.0 Å². The van der Waals surface area contributed by atoms with E-state index in [9.17, 15) is 0 Å². The van der Waals surface area contributed by atoms with Crippen molar-refractivity contribution in [2.75, 3.05) is 0 Å². The van der Waals surface area contributed by atoms with Gasteiger partial charge in [-0.25, -0.2) is 4.98 Å². The number of rotatable bonds is 0. The van der Waals surface area contributed by atoms with Gasteiger partial charge in [0.05, 0.1) is 6.33 Å². The van der Waals surface area contributed by atoms with Crippen molar-refractivity contribution in [2.45, 2.75) is 6.92 Å². The first kappa shape index (κ1) is 16.9. The van der Waals surface area contributed by atoms with Gasteiger partial charge in [-0.05, 0) is 6.92 Å². The number of nitrogens with zero attached hydrogens (tertiary/aromatic N) is 1. The average Bonchev–Trinajstić information content (AvgIpc) is 2.11. The summed E-state index contributed by atoms with van der Waals surface area (Å²) in [5.41, 5.74) is 0. The quantitative estimate of drug-likeness (QED) is 0.394. The Morgan fingerprint density at radius 3 is 2.18 bits per heavy atom. The number of aromatic amines is 1. The van der Waals surface area contributed by atoms with Crippen LogP contribution < -0.4 is 34.7 Å². The van der Waals surface area contributed by atoms with E-state index >= 15 is 0 Å². The van der Waals surface area contributed by atoms with Gasteiger partial charge in [0, 0.05) is 18.4 Å². The number of aliphatic carboxylic acids is 1. The maximum Gasteiger partial charge on any atom is 1.00 e. The molecule has 58 valence electrons. The number of carbonyl (C=O) groups is 1. The van der Waals surface area contributed by atoms with Crippen LogP contribution in [0.25, 0.3) is 0 Å². The first-order chi connectivity index (χ1) is 4.23. The Morgan fingerprint density at radius 2 is 2.09 bits per heavy atom. The summed E-state index contributed by atoms with van der Waals surface area (Å²) in [7, 11) is 0. The summed E-state index contributed by atoms with van der Waals surface area (Å²) in [6.45, 7) is 0.972. The molecule has 0 atom stereocenters. The zero-order valence-electron chi connectivity index (χ0n) is 6.50. The first-order valence-electron chi connectivity index (χ1n) is 2.34. The van der Waals surface area contributed by atoms with Crippen molar-refractivity contribution in [3.8, 4) is 0 Å². The second-order valence-corrected chi connectivity index (χ2v) is 1.25. The largest absolute Gasteiger partial charge is 1.00 e. The van der Waals surface area contributed by atoms with Crippen molar-refractivity contribution >= 4 is 5.97 Å². The van der Waals surface area contributed by atoms with Gasteiger partial charge in [-0.2, -0.15) is 0 Å². The summed E-state index contributed by atoms with van der Waals surface area (Å²) in [6.07, 6.45) is 5.08. The SMILES string of the molecule is CC(=O)[O-].O.[Na+].c1c[nH]cn1. The fraction of sp³-hybridized carbons (Fsp3) is 0.200. The van der Waals surface area contributed by atoms with Gasteiger partial charge in [-0.1, -0.05) is 0 Å². The maximum atomic E-state index is 8.89. The molecule has 3 N–H and O–H groups in total. The molecule has 5 nitrogen and oxygen atoms in total. The van der Waals surface area contributed by atoms with Gasteiger partial charge in [0.25, 0.3) is 0 Å². The van der Waals surface area contributed by atoms with E-state index in [4.69, 9.17) is 9.90 Å². The normalized spacial score (nSPS) is 5.91. The Kier molecular flexibility index (Phi) is 19.0. The second kappa shape index (κ2) is 12.3. The molecule has 1 rings (SSSR count). The molecular weight excluding hydrogens is 159 g/mol. The Morgan fingerprint density at radius 1 is 1.64 bits per heavy atom. The van der Waals surface area contributed by atoms with E-state index < -0.39 is 5.97 Å². The number of nitrogens with one attached hydrogen (secondary N) is 1. The van der Waals surface area contributed by atoms with Crippen molar-refractivity contribution in [3.63, 3.8) is 0 Å². The number of aromatic nitrogens is 2. The predicted octanol–water partition coefficient (Wildman–Crippen LogP) is -4.65. The van der Waals surface area contributed by atoms with E-state index in [0.717, 1.165) is 6.92 Å². The van der Waals surface area contributed by atoms with Gasteiger partial charge in [-0.15, -0.1) is 0 Å². The summed E-state index contributed by atoms with van der Waals surface area (Å²) < 4.78 is 0. The smallest absolute Gasteiger partial charge is 0.550 e. The molecule has 0 saturated heterocycles. The van der Waals surface area contributed by atoms with Crippen LogP contribution in [0, 0.1) is 0 Å². The number of carboxylic acids is 1. The number of imidazole rings is 1. The molecule has 0 radical (unpaired) electrons. The van der Waals surface area contributed by atoms with Crippen molar-refractivity contribution in [1.82, 2.24) is 9.97 Å². The Balaban J connectivity index is -0.000000101. The van der Waals surface area contributed by atoms with Gasteiger partial charge in [0.15, 0.2) is 0 Å². The molecule has 1 aromatic heterocycles. The van der Waals surface area contributed by atoms with Crippen LogP contribution in [-0.2, 0) is 4.79 Å². The van der Waals surface area contributed by atoms with E-state index in [1.807, 2.05) is 0 Å². The molecule has 0 fully saturated rings. The monoisotopic (exact) mass is 168 g/mol. The summed E-state index contributed by atoms with van der Waals surface area (Å²) in [5, 5.41) is 8.89. The molecule has 0 aliphatic heterocycles. The van der Waals surface area contributed by atoms with E-state index in [1.165, 1.54) is 0 Å². The number of carboxylic acid groups (broad SMARTS) is 1. The minimum atomic E-state index is -1.08. The van der Waals surface area contributed by atoms with Gasteiger partial charge in [0.2, 0.25) is 0 Å². The van der Waals surface area contributed by atoms with Crippen LogP contribution in [0.2, 0.25) is 0 Å². The minimum absolute atomic E-state index is 0. The van der Waals surface area contributed by atoms with Crippen LogP contribution in [-0.4, -0.2) is 21.4 Å². The topological polar surface area (TPSA) is 100 Å². The molecule has 6 heteroatoms. The number of carbonyl (C=O) groups excluding carboxylic acids is 1. The summed E-state index contributed by atoms with van der Waals surface area (Å²) in [4.78, 5) is 15.3.